The minimum Gasteiger partial charge on any atom is -0.457 e. The number of nitrogens with zero attached hydrogens (tertiary/aromatic N) is 2. The van der Waals surface area contributed by atoms with Crippen LogP contribution in [0.15, 0.2) is 59.0 Å². The SMILES string of the molecule is O=C(/C=C/c1ccc(-c2cccc(Cl)c2Cl)o1)NC(=S)Nc1nc2ccc([N+](=O)[O-])cc2s1. The van der Waals surface area contributed by atoms with Crippen LogP contribution < -0.4 is 10.6 Å². The number of halogens is 2. The lowest BCUT2D eigenvalue weighted by Crippen LogP contribution is -2.32. The maximum absolute atomic E-state index is 12.2. The molecule has 12 heteroatoms. The van der Waals surface area contributed by atoms with Gasteiger partial charge in [-0.1, -0.05) is 40.6 Å². The van der Waals surface area contributed by atoms with E-state index in [2.05, 4.69) is 15.6 Å². The van der Waals surface area contributed by atoms with E-state index >= 15 is 0 Å². The Balaban J connectivity index is 1.37. The molecule has 0 bridgehead atoms. The Morgan fingerprint density at radius 2 is 2.03 bits per heavy atom. The van der Waals surface area contributed by atoms with E-state index in [0.29, 0.717) is 42.5 Å². The number of carbonyl (C=O) groups is 1. The van der Waals surface area contributed by atoms with Gasteiger partial charge in [0.15, 0.2) is 10.2 Å². The van der Waals surface area contributed by atoms with E-state index in [4.69, 9.17) is 39.8 Å². The van der Waals surface area contributed by atoms with E-state index in [0.717, 1.165) is 0 Å². The molecule has 166 valence electrons. The molecule has 2 heterocycles. The molecular weight excluding hydrogens is 507 g/mol. The first-order valence-corrected chi connectivity index (χ1v) is 11.2. The van der Waals surface area contributed by atoms with Crippen molar-refractivity contribution < 1.29 is 14.1 Å². The summed E-state index contributed by atoms with van der Waals surface area (Å²) in [5.74, 6) is 0.460. The molecule has 0 radical (unpaired) electrons. The summed E-state index contributed by atoms with van der Waals surface area (Å²) < 4.78 is 6.32. The fourth-order valence-corrected chi connectivity index (χ4v) is 4.36. The molecule has 0 saturated heterocycles. The number of thiocarbonyl (C=S) groups is 1. The fourth-order valence-electron chi connectivity index (χ4n) is 2.80. The lowest BCUT2D eigenvalue weighted by atomic mass is 10.2. The van der Waals surface area contributed by atoms with Gasteiger partial charge in [0.05, 0.1) is 25.2 Å². The van der Waals surface area contributed by atoms with Gasteiger partial charge in [-0.15, -0.1) is 0 Å². The number of non-ortho nitro benzene ring substituents is 1. The Hall–Kier alpha value is -3.31. The third kappa shape index (κ3) is 5.37. The van der Waals surface area contributed by atoms with Crippen molar-refractivity contribution in [2.75, 3.05) is 5.32 Å². The van der Waals surface area contributed by atoms with Crippen LogP contribution in [-0.2, 0) is 4.79 Å². The topological polar surface area (TPSA) is 110 Å². The molecule has 4 rings (SSSR count). The monoisotopic (exact) mass is 518 g/mol. The molecular formula is C21H12Cl2N4O4S2. The third-order valence-electron chi connectivity index (χ3n) is 4.28. The van der Waals surface area contributed by atoms with Crippen molar-refractivity contribution in [3.63, 3.8) is 0 Å². The summed E-state index contributed by atoms with van der Waals surface area (Å²) in [5.41, 5.74) is 1.19. The zero-order valence-electron chi connectivity index (χ0n) is 16.4. The van der Waals surface area contributed by atoms with Crippen LogP contribution in [0.5, 0.6) is 0 Å². The summed E-state index contributed by atoms with van der Waals surface area (Å²) in [7, 11) is 0. The minimum absolute atomic E-state index is 0.0302. The normalized spacial score (nSPS) is 11.1. The smallest absolute Gasteiger partial charge is 0.270 e. The summed E-state index contributed by atoms with van der Waals surface area (Å²) >= 11 is 18.6. The van der Waals surface area contributed by atoms with E-state index in [9.17, 15) is 14.9 Å². The van der Waals surface area contributed by atoms with Gasteiger partial charge in [0.25, 0.3) is 5.69 Å². The molecule has 8 nitrogen and oxygen atoms in total. The summed E-state index contributed by atoms with van der Waals surface area (Å²) in [6.45, 7) is 0. The van der Waals surface area contributed by atoms with Crippen LogP contribution in [0, 0.1) is 10.1 Å². The summed E-state index contributed by atoms with van der Waals surface area (Å²) in [6, 6.07) is 13.0. The Labute approximate surface area is 206 Å². The van der Waals surface area contributed by atoms with Crippen molar-refractivity contribution in [3.8, 4) is 11.3 Å². The highest BCUT2D eigenvalue weighted by molar-refractivity contribution is 7.80. The largest absolute Gasteiger partial charge is 0.457 e. The number of anilines is 1. The number of fused-ring (bicyclic) bond motifs is 1. The highest BCUT2D eigenvalue weighted by atomic mass is 35.5. The van der Waals surface area contributed by atoms with E-state index < -0.39 is 10.8 Å². The van der Waals surface area contributed by atoms with Gasteiger partial charge in [0, 0.05) is 23.8 Å². The first-order chi connectivity index (χ1) is 15.8. The second-order valence-electron chi connectivity index (χ2n) is 6.51. The summed E-state index contributed by atoms with van der Waals surface area (Å²) in [4.78, 5) is 26.9. The van der Waals surface area contributed by atoms with Crippen LogP contribution >= 0.6 is 46.8 Å². The molecule has 0 atom stereocenters. The molecule has 33 heavy (non-hydrogen) atoms. The zero-order valence-corrected chi connectivity index (χ0v) is 19.5. The number of furan rings is 1. The lowest BCUT2D eigenvalue weighted by Gasteiger charge is -2.04. The van der Waals surface area contributed by atoms with Gasteiger partial charge in [-0.25, -0.2) is 4.98 Å². The molecule has 0 saturated carbocycles. The molecule has 0 aliphatic carbocycles. The van der Waals surface area contributed by atoms with E-state index in [-0.39, 0.29) is 10.8 Å². The Morgan fingerprint density at radius 1 is 1.21 bits per heavy atom. The number of rotatable bonds is 5. The molecule has 0 spiro atoms. The number of nitro groups is 1. The fraction of sp³-hybridized carbons (Fsp3) is 0. The van der Waals surface area contributed by atoms with Gasteiger partial charge in [0.1, 0.15) is 11.5 Å². The number of hydrogen-bond acceptors (Lipinski definition) is 7. The second kappa shape index (κ2) is 9.67. The van der Waals surface area contributed by atoms with Gasteiger partial charge < -0.3 is 9.73 Å². The van der Waals surface area contributed by atoms with Crippen LogP contribution in [0.2, 0.25) is 10.0 Å². The van der Waals surface area contributed by atoms with Crippen molar-refractivity contribution >= 4 is 84.9 Å². The number of aromatic nitrogens is 1. The summed E-state index contributed by atoms with van der Waals surface area (Å²) in [6.07, 6.45) is 2.74. The zero-order chi connectivity index (χ0) is 23.5. The summed E-state index contributed by atoms with van der Waals surface area (Å²) in [5, 5.41) is 17.4. The lowest BCUT2D eigenvalue weighted by molar-refractivity contribution is -0.384. The standard InChI is InChI=1S/C21H12Cl2N4O4S2/c22-14-3-1-2-13(19(14)23)16-8-5-12(31-16)6-9-18(28)25-20(32)26-21-24-15-7-4-11(27(29)30)10-17(15)33-21/h1-10H,(H2,24,25,26,28,32)/b9-6+. The third-order valence-corrected chi connectivity index (χ3v) is 6.24. The Kier molecular flexibility index (Phi) is 6.70. The minimum atomic E-state index is -0.483. The molecule has 4 aromatic rings. The van der Waals surface area contributed by atoms with Crippen molar-refractivity contribution in [2.45, 2.75) is 0 Å². The number of nitro benzene ring substituents is 1. The van der Waals surface area contributed by atoms with Crippen LogP contribution in [0.25, 0.3) is 27.6 Å². The first kappa shape index (κ1) is 22.9. The quantitative estimate of drug-likeness (QED) is 0.138. The number of benzene rings is 2. The number of carbonyl (C=O) groups excluding carboxylic acids is 1. The second-order valence-corrected chi connectivity index (χ2v) is 8.73. The molecule has 1 amide bonds. The molecule has 2 N–H and O–H groups in total. The molecule has 2 aromatic carbocycles. The molecule has 0 unspecified atom stereocenters. The molecule has 0 aliphatic heterocycles. The van der Waals surface area contributed by atoms with Crippen LogP contribution in [0.3, 0.4) is 0 Å². The maximum Gasteiger partial charge on any atom is 0.270 e. The van der Waals surface area contributed by atoms with Gasteiger partial charge in [0.2, 0.25) is 5.91 Å². The number of thiazole rings is 1. The highest BCUT2D eigenvalue weighted by Crippen LogP contribution is 2.34. The van der Waals surface area contributed by atoms with Gasteiger partial charge in [-0.3, -0.25) is 20.2 Å². The predicted molar refractivity (Wildman–Crippen MR) is 134 cm³/mol. The van der Waals surface area contributed by atoms with Gasteiger partial charge >= 0.3 is 0 Å². The average molecular weight is 519 g/mol. The average Bonchev–Trinajstić information content (AvgIpc) is 3.39. The first-order valence-electron chi connectivity index (χ1n) is 9.19. The molecule has 2 aromatic heterocycles. The van der Waals surface area contributed by atoms with E-state index in [1.165, 1.54) is 35.6 Å². The number of nitrogens with one attached hydrogen (secondary N) is 2. The van der Waals surface area contributed by atoms with Crippen molar-refractivity contribution in [3.05, 3.63) is 80.5 Å². The Bertz CT molecular complexity index is 1430. The van der Waals surface area contributed by atoms with Crippen LogP contribution in [0.4, 0.5) is 10.8 Å². The van der Waals surface area contributed by atoms with Gasteiger partial charge in [-0.05, 0) is 48.6 Å². The molecule has 0 fully saturated rings. The predicted octanol–water partition coefficient (Wildman–Crippen LogP) is 6.30. The Morgan fingerprint density at radius 3 is 2.82 bits per heavy atom. The van der Waals surface area contributed by atoms with Crippen LogP contribution in [-0.4, -0.2) is 20.9 Å². The van der Waals surface area contributed by atoms with Crippen molar-refractivity contribution in [1.82, 2.24) is 10.3 Å². The number of amides is 1. The maximum atomic E-state index is 12.2. The molecule has 0 aliphatic rings. The van der Waals surface area contributed by atoms with E-state index in [1.807, 2.05) is 0 Å². The van der Waals surface area contributed by atoms with Crippen LogP contribution in [0.1, 0.15) is 5.76 Å². The highest BCUT2D eigenvalue weighted by Gasteiger charge is 2.12. The van der Waals surface area contributed by atoms with Crippen molar-refractivity contribution in [1.29, 1.82) is 0 Å². The van der Waals surface area contributed by atoms with Crippen molar-refractivity contribution in [2.24, 2.45) is 0 Å². The van der Waals surface area contributed by atoms with E-state index in [1.54, 1.807) is 36.4 Å². The number of hydrogen-bond donors (Lipinski definition) is 2. The van der Waals surface area contributed by atoms with Gasteiger partial charge in [-0.2, -0.15) is 0 Å².